The maximum absolute atomic E-state index is 4.45. The number of hydrogen-bond acceptors (Lipinski definition) is 0. The van der Waals surface area contributed by atoms with Gasteiger partial charge in [-0.1, -0.05) is 79.0 Å². The minimum absolute atomic E-state index is 0.307. The summed E-state index contributed by atoms with van der Waals surface area (Å²) in [4.78, 5) is 0. The molecule has 0 saturated heterocycles. The second-order valence-corrected chi connectivity index (χ2v) is 11.2. The van der Waals surface area contributed by atoms with Gasteiger partial charge in [-0.2, -0.15) is 0 Å². The third-order valence-electron chi connectivity index (χ3n) is 7.62. The summed E-state index contributed by atoms with van der Waals surface area (Å²) in [5, 5.41) is 0. The second kappa shape index (κ2) is 10.9. The Balaban J connectivity index is 2.61. The summed E-state index contributed by atoms with van der Waals surface area (Å²) in [6, 6.07) is 0. The number of hydrogen-bond donors (Lipinski definition) is 0. The molecular formula is C27H50. The predicted molar refractivity (Wildman–Crippen MR) is 124 cm³/mol. The van der Waals surface area contributed by atoms with Crippen molar-refractivity contribution >= 4 is 0 Å². The molecule has 1 aliphatic carbocycles. The van der Waals surface area contributed by atoms with E-state index in [9.17, 15) is 0 Å². The fourth-order valence-corrected chi connectivity index (χ4v) is 6.01. The topological polar surface area (TPSA) is 0 Å². The van der Waals surface area contributed by atoms with Crippen molar-refractivity contribution < 1.29 is 0 Å². The first-order valence-corrected chi connectivity index (χ1v) is 11.8. The van der Waals surface area contributed by atoms with Crippen molar-refractivity contribution in [1.82, 2.24) is 0 Å². The number of rotatable bonds is 11. The molecule has 1 aliphatic rings. The summed E-state index contributed by atoms with van der Waals surface area (Å²) in [5.41, 5.74) is 3.05. The molecule has 0 heterocycles. The zero-order valence-electron chi connectivity index (χ0n) is 20.0. The van der Waals surface area contributed by atoms with Gasteiger partial charge in [-0.25, -0.2) is 0 Å². The molecule has 0 nitrogen and oxygen atoms in total. The number of allylic oxidation sites excluding steroid dienone is 2. The molecule has 0 aromatic carbocycles. The maximum Gasteiger partial charge on any atom is -0.0268 e. The average Bonchev–Trinajstić information content (AvgIpc) is 2.52. The van der Waals surface area contributed by atoms with Gasteiger partial charge in [-0.05, 0) is 86.4 Å². The van der Waals surface area contributed by atoms with Gasteiger partial charge in [0.1, 0.15) is 0 Å². The third kappa shape index (κ3) is 8.16. The molecule has 5 unspecified atom stereocenters. The van der Waals surface area contributed by atoms with Gasteiger partial charge in [0, 0.05) is 0 Å². The Morgan fingerprint density at radius 3 is 2.15 bits per heavy atom. The molecule has 0 amide bonds. The van der Waals surface area contributed by atoms with Crippen molar-refractivity contribution in [3.05, 3.63) is 24.3 Å². The molecule has 0 heteroatoms. The van der Waals surface area contributed by atoms with E-state index in [0.29, 0.717) is 5.41 Å². The normalized spacial score (nSPS) is 30.1. The van der Waals surface area contributed by atoms with Crippen molar-refractivity contribution in [2.24, 2.45) is 40.9 Å². The highest BCUT2D eigenvalue weighted by atomic mass is 14.4. The van der Waals surface area contributed by atoms with Crippen LogP contribution in [0.5, 0.6) is 0 Å². The quantitative estimate of drug-likeness (QED) is 0.316. The highest BCUT2D eigenvalue weighted by molar-refractivity contribution is 5.03. The van der Waals surface area contributed by atoms with Crippen LogP contribution in [0.4, 0.5) is 0 Å². The van der Waals surface area contributed by atoms with Gasteiger partial charge in [0.05, 0.1) is 0 Å². The van der Waals surface area contributed by atoms with Crippen LogP contribution in [0, 0.1) is 40.9 Å². The van der Waals surface area contributed by atoms with E-state index in [0.717, 1.165) is 48.3 Å². The fourth-order valence-electron chi connectivity index (χ4n) is 6.01. The van der Waals surface area contributed by atoms with E-state index in [4.69, 9.17) is 0 Å². The molecule has 1 saturated carbocycles. The first-order valence-electron chi connectivity index (χ1n) is 11.8. The van der Waals surface area contributed by atoms with E-state index in [-0.39, 0.29) is 0 Å². The molecule has 0 bridgehead atoms. The Hall–Kier alpha value is -0.520. The molecule has 27 heavy (non-hydrogen) atoms. The van der Waals surface area contributed by atoms with Gasteiger partial charge in [-0.3, -0.25) is 0 Å². The van der Waals surface area contributed by atoms with Crippen LogP contribution in [0.2, 0.25) is 0 Å². The van der Waals surface area contributed by atoms with Crippen LogP contribution >= 0.6 is 0 Å². The van der Waals surface area contributed by atoms with Gasteiger partial charge < -0.3 is 0 Å². The van der Waals surface area contributed by atoms with Gasteiger partial charge in [0.25, 0.3) is 0 Å². The minimum Gasteiger partial charge on any atom is -0.100 e. The summed E-state index contributed by atoms with van der Waals surface area (Å²) >= 11 is 0. The van der Waals surface area contributed by atoms with Gasteiger partial charge in [0.15, 0.2) is 0 Å². The lowest BCUT2D eigenvalue weighted by atomic mass is 9.61. The van der Waals surface area contributed by atoms with Crippen LogP contribution in [-0.4, -0.2) is 0 Å². The summed E-state index contributed by atoms with van der Waals surface area (Å²) in [6.07, 6.45) is 10.4. The van der Waals surface area contributed by atoms with Crippen molar-refractivity contribution in [3.63, 3.8) is 0 Å². The Morgan fingerprint density at radius 2 is 1.59 bits per heavy atom. The molecule has 6 atom stereocenters. The first-order chi connectivity index (χ1) is 12.5. The average molecular weight is 375 g/mol. The zero-order valence-corrected chi connectivity index (χ0v) is 20.0. The van der Waals surface area contributed by atoms with Gasteiger partial charge >= 0.3 is 0 Å². The monoisotopic (exact) mass is 374 g/mol. The Labute approximate surface area is 172 Å². The predicted octanol–water partition coefficient (Wildman–Crippen LogP) is 9.08. The molecule has 0 N–H and O–H groups in total. The van der Waals surface area contributed by atoms with E-state index in [2.05, 4.69) is 68.5 Å². The smallest absolute Gasteiger partial charge is 0.0268 e. The first kappa shape index (κ1) is 24.5. The summed E-state index contributed by atoms with van der Waals surface area (Å²) in [6.45, 7) is 27.8. The lowest BCUT2D eigenvalue weighted by Crippen LogP contribution is -2.37. The SMILES string of the molecule is C=C(C)CC(C)(C)CC(=C)CCC1CC(C[C@@H](C)CCC)C(C)C(C)C1C. The Kier molecular flexibility index (Phi) is 9.87. The highest BCUT2D eigenvalue weighted by Crippen LogP contribution is 2.46. The van der Waals surface area contributed by atoms with Crippen LogP contribution < -0.4 is 0 Å². The van der Waals surface area contributed by atoms with Crippen LogP contribution in [0.1, 0.15) is 107 Å². The lowest BCUT2D eigenvalue weighted by Gasteiger charge is -2.45. The molecule has 0 spiro atoms. The Bertz CT molecular complexity index is 468. The fraction of sp³-hybridized carbons (Fsp3) is 0.852. The summed E-state index contributed by atoms with van der Waals surface area (Å²) < 4.78 is 0. The van der Waals surface area contributed by atoms with Crippen molar-refractivity contribution in [3.8, 4) is 0 Å². The summed E-state index contributed by atoms with van der Waals surface area (Å²) in [5.74, 6) is 5.30. The van der Waals surface area contributed by atoms with E-state index < -0.39 is 0 Å². The van der Waals surface area contributed by atoms with Crippen molar-refractivity contribution in [1.29, 1.82) is 0 Å². The van der Waals surface area contributed by atoms with Crippen molar-refractivity contribution in [2.75, 3.05) is 0 Å². The lowest BCUT2D eigenvalue weighted by molar-refractivity contribution is 0.0494. The van der Waals surface area contributed by atoms with Crippen LogP contribution in [-0.2, 0) is 0 Å². The second-order valence-electron chi connectivity index (χ2n) is 11.2. The molecule has 0 aliphatic heterocycles. The molecule has 158 valence electrons. The van der Waals surface area contributed by atoms with Crippen LogP contribution in [0.3, 0.4) is 0 Å². The molecule has 0 radical (unpaired) electrons. The third-order valence-corrected chi connectivity index (χ3v) is 7.62. The summed E-state index contributed by atoms with van der Waals surface area (Å²) in [7, 11) is 0. The molecule has 1 fully saturated rings. The molecule has 0 aromatic rings. The largest absolute Gasteiger partial charge is 0.100 e. The Morgan fingerprint density at radius 1 is 1.00 bits per heavy atom. The minimum atomic E-state index is 0.307. The van der Waals surface area contributed by atoms with Gasteiger partial charge in [-0.15, -0.1) is 6.58 Å². The molecule has 0 aromatic heterocycles. The zero-order chi connectivity index (χ0) is 20.8. The molecule has 1 rings (SSSR count). The van der Waals surface area contributed by atoms with Crippen LogP contribution in [0.25, 0.3) is 0 Å². The van der Waals surface area contributed by atoms with E-state index >= 15 is 0 Å². The highest BCUT2D eigenvalue weighted by Gasteiger charge is 2.38. The van der Waals surface area contributed by atoms with Crippen molar-refractivity contribution in [2.45, 2.75) is 107 Å². The maximum atomic E-state index is 4.45. The van der Waals surface area contributed by atoms with E-state index in [1.165, 1.54) is 49.7 Å². The molecular weight excluding hydrogens is 324 g/mol. The standard InChI is InChI=1S/C27H50/c1-11-12-20(4)15-26-16-25(23(7)22(6)24(26)8)14-13-21(5)18-27(9,10)17-19(2)3/h20,22-26H,2,5,11-18H2,1,3-4,6-10H3/t20-,22?,23?,24?,25?,26?/m0/s1. The van der Waals surface area contributed by atoms with Gasteiger partial charge in [0.2, 0.25) is 0 Å². The van der Waals surface area contributed by atoms with E-state index in [1.807, 2.05) is 0 Å². The van der Waals surface area contributed by atoms with Crippen LogP contribution in [0.15, 0.2) is 24.3 Å². The van der Waals surface area contributed by atoms with E-state index in [1.54, 1.807) is 0 Å².